The van der Waals surface area contributed by atoms with Crippen molar-refractivity contribution in [2.24, 2.45) is 4.99 Å². The van der Waals surface area contributed by atoms with Gasteiger partial charge in [0.05, 0.1) is 23.2 Å². The zero-order valence-electron chi connectivity index (χ0n) is 16.4. The van der Waals surface area contributed by atoms with Crippen molar-refractivity contribution >= 4 is 27.5 Å². The zero-order valence-corrected chi connectivity index (χ0v) is 17.2. The Hall–Kier alpha value is -2.24. The summed E-state index contributed by atoms with van der Waals surface area (Å²) in [5, 5.41) is 0. The SMILES string of the molecule is CCOCCn1c(=NC(=O)Cc2cc(C)ccc2C)sc2cc(C)ccc21. The number of aromatic nitrogens is 1. The predicted octanol–water partition coefficient (Wildman–Crippen LogP) is 4.33. The first-order valence-corrected chi connectivity index (χ1v) is 10.1. The zero-order chi connectivity index (χ0) is 19.4. The number of amides is 1. The van der Waals surface area contributed by atoms with Gasteiger partial charge in [-0.2, -0.15) is 4.99 Å². The fraction of sp³-hybridized carbons (Fsp3) is 0.364. The van der Waals surface area contributed by atoms with Gasteiger partial charge in [0.25, 0.3) is 5.91 Å². The van der Waals surface area contributed by atoms with E-state index in [-0.39, 0.29) is 5.91 Å². The van der Waals surface area contributed by atoms with Gasteiger partial charge in [0.1, 0.15) is 0 Å². The van der Waals surface area contributed by atoms with Crippen molar-refractivity contribution in [2.75, 3.05) is 13.2 Å². The second-order valence-corrected chi connectivity index (χ2v) is 7.83. The third kappa shape index (κ3) is 4.73. The van der Waals surface area contributed by atoms with E-state index < -0.39 is 0 Å². The van der Waals surface area contributed by atoms with E-state index in [1.807, 2.05) is 20.8 Å². The third-order valence-corrected chi connectivity index (χ3v) is 5.61. The van der Waals surface area contributed by atoms with Crippen molar-refractivity contribution < 1.29 is 9.53 Å². The van der Waals surface area contributed by atoms with Crippen molar-refractivity contribution in [1.82, 2.24) is 4.57 Å². The van der Waals surface area contributed by atoms with Crippen molar-refractivity contribution in [3.05, 3.63) is 63.5 Å². The number of carbonyl (C=O) groups is 1. The van der Waals surface area contributed by atoms with Gasteiger partial charge in [-0.05, 0) is 56.5 Å². The molecule has 0 aliphatic rings. The van der Waals surface area contributed by atoms with Crippen LogP contribution < -0.4 is 4.80 Å². The quantitative estimate of drug-likeness (QED) is 0.596. The molecule has 5 heteroatoms. The number of ether oxygens (including phenoxy) is 1. The molecule has 4 nitrogen and oxygen atoms in total. The summed E-state index contributed by atoms with van der Waals surface area (Å²) in [6, 6.07) is 12.5. The highest BCUT2D eigenvalue weighted by molar-refractivity contribution is 7.16. The lowest BCUT2D eigenvalue weighted by atomic mass is 10.0. The molecule has 3 aromatic rings. The van der Waals surface area contributed by atoms with Crippen LogP contribution in [0.2, 0.25) is 0 Å². The first kappa shape index (κ1) is 19.5. The summed E-state index contributed by atoms with van der Waals surface area (Å²) in [5.74, 6) is -0.114. The van der Waals surface area contributed by atoms with Crippen LogP contribution in [0.3, 0.4) is 0 Å². The van der Waals surface area contributed by atoms with E-state index in [0.29, 0.717) is 26.2 Å². The van der Waals surface area contributed by atoms with Gasteiger partial charge in [0.2, 0.25) is 0 Å². The van der Waals surface area contributed by atoms with Crippen LogP contribution >= 0.6 is 11.3 Å². The van der Waals surface area contributed by atoms with Gasteiger partial charge >= 0.3 is 0 Å². The molecule has 0 bridgehead atoms. The van der Waals surface area contributed by atoms with Crippen LogP contribution in [0.4, 0.5) is 0 Å². The number of carbonyl (C=O) groups excluding carboxylic acids is 1. The maximum Gasteiger partial charge on any atom is 0.252 e. The molecule has 0 aliphatic carbocycles. The lowest BCUT2D eigenvalue weighted by Crippen LogP contribution is -2.20. The van der Waals surface area contributed by atoms with Crippen LogP contribution in [0.25, 0.3) is 10.2 Å². The lowest BCUT2D eigenvalue weighted by molar-refractivity contribution is -0.117. The molecule has 0 saturated carbocycles. The summed E-state index contributed by atoms with van der Waals surface area (Å²) in [4.78, 5) is 17.9. The largest absolute Gasteiger partial charge is 0.380 e. The molecule has 0 fully saturated rings. The maximum atomic E-state index is 12.7. The number of hydrogen-bond acceptors (Lipinski definition) is 3. The van der Waals surface area contributed by atoms with Crippen LogP contribution in [0.1, 0.15) is 29.2 Å². The van der Waals surface area contributed by atoms with Crippen LogP contribution in [0.5, 0.6) is 0 Å². The van der Waals surface area contributed by atoms with Gasteiger partial charge in [-0.1, -0.05) is 41.2 Å². The molecule has 0 N–H and O–H groups in total. The summed E-state index contributed by atoms with van der Waals surface area (Å²) in [7, 11) is 0. The van der Waals surface area contributed by atoms with Gasteiger partial charge in [-0.15, -0.1) is 0 Å². The highest BCUT2D eigenvalue weighted by atomic mass is 32.1. The summed E-state index contributed by atoms with van der Waals surface area (Å²) in [6.07, 6.45) is 0.326. The Balaban J connectivity index is 1.96. The molecule has 3 rings (SSSR count). The Labute approximate surface area is 164 Å². The van der Waals surface area contributed by atoms with E-state index >= 15 is 0 Å². The van der Waals surface area contributed by atoms with Gasteiger partial charge in [0.15, 0.2) is 4.80 Å². The standard InChI is InChI=1S/C22H26N2O2S/c1-5-26-11-10-24-19-9-7-16(3)13-20(19)27-22(24)23-21(25)14-18-12-15(2)6-8-17(18)4/h6-9,12-13H,5,10-11,14H2,1-4H3. The summed E-state index contributed by atoms with van der Waals surface area (Å²) >= 11 is 1.56. The van der Waals surface area contributed by atoms with Crippen molar-refractivity contribution in [3.63, 3.8) is 0 Å². The van der Waals surface area contributed by atoms with Crippen molar-refractivity contribution in [3.8, 4) is 0 Å². The normalized spacial score (nSPS) is 12.1. The smallest absolute Gasteiger partial charge is 0.252 e. The minimum absolute atomic E-state index is 0.114. The van der Waals surface area contributed by atoms with E-state index in [4.69, 9.17) is 4.74 Å². The first-order chi connectivity index (χ1) is 13.0. The Kier molecular flexibility index (Phi) is 6.24. The minimum atomic E-state index is -0.114. The molecule has 1 heterocycles. The molecule has 1 amide bonds. The second-order valence-electron chi connectivity index (χ2n) is 6.82. The minimum Gasteiger partial charge on any atom is -0.380 e. The third-order valence-electron chi connectivity index (χ3n) is 4.57. The second kappa shape index (κ2) is 8.63. The number of hydrogen-bond donors (Lipinski definition) is 0. The van der Waals surface area contributed by atoms with Crippen molar-refractivity contribution in [1.29, 1.82) is 0 Å². The van der Waals surface area contributed by atoms with E-state index in [0.717, 1.165) is 31.7 Å². The highest BCUT2D eigenvalue weighted by Crippen LogP contribution is 2.19. The first-order valence-electron chi connectivity index (χ1n) is 9.29. The van der Waals surface area contributed by atoms with E-state index in [1.54, 1.807) is 11.3 Å². The molecule has 1 aromatic heterocycles. The average molecular weight is 383 g/mol. The Bertz CT molecular complexity index is 1030. The molecule has 0 aliphatic heterocycles. The number of benzene rings is 2. The van der Waals surface area contributed by atoms with Crippen LogP contribution in [-0.4, -0.2) is 23.7 Å². The van der Waals surface area contributed by atoms with E-state index in [1.165, 1.54) is 5.56 Å². The fourth-order valence-corrected chi connectivity index (χ4v) is 4.25. The molecular formula is C22H26N2O2S. The van der Waals surface area contributed by atoms with E-state index in [2.05, 4.69) is 52.9 Å². The number of thiazole rings is 1. The Morgan fingerprint density at radius 3 is 2.63 bits per heavy atom. The monoisotopic (exact) mass is 382 g/mol. The molecule has 2 aromatic carbocycles. The molecule has 0 saturated heterocycles. The van der Waals surface area contributed by atoms with Crippen LogP contribution in [-0.2, 0) is 22.5 Å². The number of rotatable bonds is 6. The molecule has 0 spiro atoms. The van der Waals surface area contributed by atoms with E-state index in [9.17, 15) is 4.79 Å². The molecule has 142 valence electrons. The fourth-order valence-electron chi connectivity index (χ4n) is 3.08. The van der Waals surface area contributed by atoms with Crippen molar-refractivity contribution in [2.45, 2.75) is 40.7 Å². The van der Waals surface area contributed by atoms with Gasteiger partial charge in [-0.25, -0.2) is 0 Å². The van der Waals surface area contributed by atoms with Gasteiger partial charge < -0.3 is 9.30 Å². The molecule has 27 heavy (non-hydrogen) atoms. The highest BCUT2D eigenvalue weighted by Gasteiger charge is 2.10. The van der Waals surface area contributed by atoms with Gasteiger partial charge in [0, 0.05) is 13.2 Å². The van der Waals surface area contributed by atoms with Crippen LogP contribution in [0, 0.1) is 20.8 Å². The average Bonchev–Trinajstić information content (AvgIpc) is 2.94. The predicted molar refractivity (Wildman–Crippen MR) is 111 cm³/mol. The topological polar surface area (TPSA) is 43.6 Å². The molecule has 0 atom stereocenters. The molecular weight excluding hydrogens is 356 g/mol. The van der Waals surface area contributed by atoms with Crippen LogP contribution in [0.15, 0.2) is 41.4 Å². The summed E-state index contributed by atoms with van der Waals surface area (Å²) < 4.78 is 8.76. The number of nitrogens with zero attached hydrogens (tertiary/aromatic N) is 2. The molecule has 0 radical (unpaired) electrons. The Morgan fingerprint density at radius 2 is 1.85 bits per heavy atom. The maximum absolute atomic E-state index is 12.7. The molecule has 0 unspecified atom stereocenters. The summed E-state index contributed by atoms with van der Waals surface area (Å²) in [5.41, 5.74) is 5.63. The lowest BCUT2D eigenvalue weighted by Gasteiger charge is -2.06. The van der Waals surface area contributed by atoms with Gasteiger partial charge in [-0.3, -0.25) is 4.79 Å². The number of fused-ring (bicyclic) bond motifs is 1. The Morgan fingerprint density at radius 1 is 1.11 bits per heavy atom. The summed E-state index contributed by atoms with van der Waals surface area (Å²) in [6.45, 7) is 10.1. The number of aryl methyl sites for hydroxylation is 3.